The highest BCUT2D eigenvalue weighted by atomic mass is 16.7. The van der Waals surface area contributed by atoms with E-state index in [0.717, 1.165) is 0 Å². The lowest BCUT2D eigenvalue weighted by atomic mass is 10.1. The van der Waals surface area contributed by atoms with Gasteiger partial charge in [0, 0.05) is 0 Å². The summed E-state index contributed by atoms with van der Waals surface area (Å²) in [6.45, 7) is 7.75. The zero-order valence-corrected chi connectivity index (χ0v) is 8.18. The van der Waals surface area contributed by atoms with Crippen molar-refractivity contribution >= 4 is 5.91 Å². The Bertz CT molecular complexity index is 150. The predicted octanol–water partition coefficient (Wildman–Crippen LogP) is 0.427. The topological polar surface area (TPSA) is 64.3 Å². The van der Waals surface area contributed by atoms with Gasteiger partial charge in [0.25, 0.3) is 5.91 Å². The van der Waals surface area contributed by atoms with Gasteiger partial charge in [-0.15, -0.1) is 0 Å². The molecule has 72 valence electrons. The van der Waals surface area contributed by atoms with Crippen LogP contribution in [0.5, 0.6) is 0 Å². The van der Waals surface area contributed by atoms with Crippen molar-refractivity contribution in [2.45, 2.75) is 33.2 Å². The minimum Gasteiger partial charge on any atom is -0.318 e. The molecule has 0 saturated carbocycles. The van der Waals surface area contributed by atoms with Gasteiger partial charge in [-0.25, -0.2) is 5.48 Å². The maximum Gasteiger partial charge on any atom is 0.263 e. The van der Waals surface area contributed by atoms with Gasteiger partial charge in [0.2, 0.25) is 0 Å². The second kappa shape index (κ2) is 4.42. The number of hydroxylamine groups is 1. The van der Waals surface area contributed by atoms with E-state index in [9.17, 15) is 4.79 Å². The second-order valence-electron chi connectivity index (χ2n) is 3.86. The van der Waals surface area contributed by atoms with Crippen LogP contribution in [-0.4, -0.2) is 18.1 Å². The smallest absolute Gasteiger partial charge is 0.263 e. The average molecular weight is 174 g/mol. The van der Waals surface area contributed by atoms with Crippen molar-refractivity contribution in [3.05, 3.63) is 0 Å². The summed E-state index contributed by atoms with van der Waals surface area (Å²) in [6.07, 6.45) is 0. The summed E-state index contributed by atoms with van der Waals surface area (Å²) in [5.74, 6) is 0.0920. The van der Waals surface area contributed by atoms with Crippen LogP contribution in [0.2, 0.25) is 0 Å². The average Bonchev–Trinajstić information content (AvgIpc) is 1.84. The Labute approximate surface area is 73.4 Å². The van der Waals surface area contributed by atoms with E-state index in [0.29, 0.717) is 12.5 Å². The lowest BCUT2D eigenvalue weighted by Gasteiger charge is -2.17. The molecule has 0 saturated heterocycles. The molecule has 3 N–H and O–H groups in total. The van der Waals surface area contributed by atoms with E-state index in [2.05, 4.69) is 5.48 Å². The molecule has 4 nitrogen and oxygen atoms in total. The third-order valence-corrected chi connectivity index (χ3v) is 1.17. The monoisotopic (exact) mass is 174 g/mol. The first-order chi connectivity index (χ1) is 5.34. The van der Waals surface area contributed by atoms with Crippen molar-refractivity contribution in [2.24, 2.45) is 11.7 Å². The summed E-state index contributed by atoms with van der Waals surface area (Å²) in [7, 11) is 0. The first-order valence-corrected chi connectivity index (χ1v) is 4.05. The number of hydrogen-bond donors (Lipinski definition) is 2. The molecule has 0 radical (unpaired) electrons. The first-order valence-electron chi connectivity index (χ1n) is 4.05. The molecule has 0 bridgehead atoms. The summed E-state index contributed by atoms with van der Waals surface area (Å²) >= 11 is 0. The zero-order chi connectivity index (χ0) is 9.78. The van der Waals surface area contributed by atoms with Crippen LogP contribution in [0.3, 0.4) is 0 Å². The molecule has 12 heavy (non-hydrogen) atoms. The molecular weight excluding hydrogens is 156 g/mol. The summed E-state index contributed by atoms with van der Waals surface area (Å²) in [5.41, 5.74) is 6.92. The van der Waals surface area contributed by atoms with Crippen LogP contribution >= 0.6 is 0 Å². The molecule has 4 heteroatoms. The highest BCUT2D eigenvalue weighted by Gasteiger charge is 2.21. The van der Waals surface area contributed by atoms with Crippen LogP contribution in [0.1, 0.15) is 27.7 Å². The third-order valence-electron chi connectivity index (χ3n) is 1.17. The number of amides is 1. The summed E-state index contributed by atoms with van der Waals surface area (Å²) < 4.78 is 0. The van der Waals surface area contributed by atoms with E-state index in [1.54, 1.807) is 13.8 Å². The van der Waals surface area contributed by atoms with Crippen molar-refractivity contribution < 1.29 is 9.63 Å². The molecule has 0 aliphatic heterocycles. The lowest BCUT2D eigenvalue weighted by molar-refractivity contribution is -0.138. The van der Waals surface area contributed by atoms with Gasteiger partial charge in [-0.3, -0.25) is 9.63 Å². The normalized spacial score (nSPS) is 11.8. The highest BCUT2D eigenvalue weighted by Crippen LogP contribution is 1.96. The Kier molecular flexibility index (Phi) is 4.20. The van der Waals surface area contributed by atoms with Crippen molar-refractivity contribution in [1.82, 2.24) is 5.48 Å². The molecular formula is C8H18N2O2. The SMILES string of the molecule is CC(C)CONC(=O)C(C)(C)N. The quantitative estimate of drug-likeness (QED) is 0.607. The van der Waals surface area contributed by atoms with E-state index in [1.165, 1.54) is 0 Å². The van der Waals surface area contributed by atoms with Crippen LogP contribution in [0, 0.1) is 5.92 Å². The Morgan fingerprint density at radius 2 is 2.08 bits per heavy atom. The van der Waals surface area contributed by atoms with Crippen LogP contribution in [0.15, 0.2) is 0 Å². The molecule has 0 unspecified atom stereocenters. The first kappa shape index (κ1) is 11.4. The Morgan fingerprint density at radius 3 is 2.42 bits per heavy atom. The van der Waals surface area contributed by atoms with Crippen molar-refractivity contribution in [3.63, 3.8) is 0 Å². The molecule has 0 atom stereocenters. The Hall–Kier alpha value is -0.610. The van der Waals surface area contributed by atoms with Gasteiger partial charge >= 0.3 is 0 Å². The largest absolute Gasteiger partial charge is 0.318 e. The Balaban J connectivity index is 3.59. The summed E-state index contributed by atoms with van der Waals surface area (Å²) in [4.78, 5) is 16.0. The number of rotatable bonds is 4. The summed E-state index contributed by atoms with van der Waals surface area (Å²) in [6, 6.07) is 0. The molecule has 1 amide bonds. The molecule has 0 aliphatic rings. The van der Waals surface area contributed by atoms with Gasteiger partial charge in [-0.05, 0) is 19.8 Å². The van der Waals surface area contributed by atoms with Gasteiger partial charge in [-0.2, -0.15) is 0 Å². The van der Waals surface area contributed by atoms with E-state index in [1.807, 2.05) is 13.8 Å². The van der Waals surface area contributed by atoms with Crippen molar-refractivity contribution in [1.29, 1.82) is 0 Å². The van der Waals surface area contributed by atoms with Crippen molar-refractivity contribution in [2.75, 3.05) is 6.61 Å². The number of carbonyl (C=O) groups excluding carboxylic acids is 1. The van der Waals surface area contributed by atoms with Gasteiger partial charge < -0.3 is 5.73 Å². The van der Waals surface area contributed by atoms with E-state index >= 15 is 0 Å². The number of nitrogens with two attached hydrogens (primary N) is 1. The standard InChI is InChI=1S/C8H18N2O2/c1-6(2)5-12-10-7(11)8(3,4)9/h6H,5,9H2,1-4H3,(H,10,11). The maximum absolute atomic E-state index is 11.1. The lowest BCUT2D eigenvalue weighted by Crippen LogP contribution is -2.49. The van der Waals surface area contributed by atoms with Crippen LogP contribution < -0.4 is 11.2 Å². The zero-order valence-electron chi connectivity index (χ0n) is 8.18. The molecule has 0 aromatic carbocycles. The molecule has 0 spiro atoms. The van der Waals surface area contributed by atoms with Crippen LogP contribution in [0.25, 0.3) is 0 Å². The number of carbonyl (C=O) groups is 1. The fourth-order valence-electron chi connectivity index (χ4n) is 0.405. The molecule has 0 rings (SSSR count). The number of nitrogens with one attached hydrogen (secondary N) is 1. The van der Waals surface area contributed by atoms with E-state index < -0.39 is 5.54 Å². The van der Waals surface area contributed by atoms with Crippen LogP contribution in [-0.2, 0) is 9.63 Å². The minimum absolute atomic E-state index is 0.303. The second-order valence-corrected chi connectivity index (χ2v) is 3.86. The van der Waals surface area contributed by atoms with Crippen molar-refractivity contribution in [3.8, 4) is 0 Å². The third kappa shape index (κ3) is 5.09. The molecule has 0 aromatic heterocycles. The predicted molar refractivity (Wildman–Crippen MR) is 47.2 cm³/mol. The maximum atomic E-state index is 11.1. The Morgan fingerprint density at radius 1 is 1.58 bits per heavy atom. The van der Waals surface area contributed by atoms with E-state index in [-0.39, 0.29) is 5.91 Å². The van der Waals surface area contributed by atoms with Gasteiger partial charge in [0.15, 0.2) is 0 Å². The fraction of sp³-hybridized carbons (Fsp3) is 0.875. The van der Waals surface area contributed by atoms with Crippen LogP contribution in [0.4, 0.5) is 0 Å². The molecule has 0 heterocycles. The molecule has 0 aromatic rings. The minimum atomic E-state index is -0.878. The van der Waals surface area contributed by atoms with Gasteiger partial charge in [-0.1, -0.05) is 13.8 Å². The molecule has 0 aliphatic carbocycles. The summed E-state index contributed by atoms with van der Waals surface area (Å²) in [5, 5.41) is 0. The van der Waals surface area contributed by atoms with E-state index in [4.69, 9.17) is 10.6 Å². The van der Waals surface area contributed by atoms with Gasteiger partial charge in [0.1, 0.15) is 0 Å². The van der Waals surface area contributed by atoms with Gasteiger partial charge in [0.05, 0.1) is 12.1 Å². The number of hydrogen-bond acceptors (Lipinski definition) is 3. The fourth-order valence-corrected chi connectivity index (χ4v) is 0.405. The highest BCUT2D eigenvalue weighted by molar-refractivity contribution is 5.84. The molecule has 0 fully saturated rings.